The maximum atomic E-state index is 13.1. The van der Waals surface area contributed by atoms with Crippen molar-refractivity contribution in [3.05, 3.63) is 70.3 Å². The first-order valence-electron chi connectivity index (χ1n) is 10.3. The van der Waals surface area contributed by atoms with E-state index in [1.165, 1.54) is 11.8 Å². The van der Waals surface area contributed by atoms with Crippen LogP contribution in [0, 0.1) is 11.3 Å². The van der Waals surface area contributed by atoms with Crippen molar-refractivity contribution in [3.8, 4) is 11.8 Å². The van der Waals surface area contributed by atoms with E-state index in [9.17, 15) is 14.9 Å². The fourth-order valence-corrected chi connectivity index (χ4v) is 5.06. The lowest BCUT2D eigenvalue weighted by molar-refractivity contribution is -0.129. The first kappa shape index (κ1) is 21.8. The minimum absolute atomic E-state index is 0.0211. The predicted molar refractivity (Wildman–Crippen MR) is 122 cm³/mol. The molecule has 7 nitrogen and oxygen atoms in total. The molecule has 1 amide bonds. The van der Waals surface area contributed by atoms with E-state index in [0.29, 0.717) is 36.0 Å². The average molecular weight is 450 g/mol. The van der Waals surface area contributed by atoms with Gasteiger partial charge in [-0.1, -0.05) is 23.9 Å². The molecule has 0 spiro atoms. The highest BCUT2D eigenvalue weighted by Gasteiger charge is 2.38. The van der Waals surface area contributed by atoms with Crippen LogP contribution < -0.4 is 9.64 Å². The maximum absolute atomic E-state index is 13.1. The molecule has 0 N–H and O–H groups in total. The first-order valence-corrected chi connectivity index (χ1v) is 11.3. The van der Waals surface area contributed by atoms with Crippen LogP contribution in [0.2, 0.25) is 0 Å². The van der Waals surface area contributed by atoms with Crippen molar-refractivity contribution >= 4 is 29.3 Å². The Hall–Kier alpha value is -3.44. The van der Waals surface area contributed by atoms with Crippen molar-refractivity contribution in [3.63, 3.8) is 0 Å². The summed E-state index contributed by atoms with van der Waals surface area (Å²) in [5, 5.41) is 10.7. The van der Waals surface area contributed by atoms with Crippen LogP contribution in [0.3, 0.4) is 0 Å². The van der Waals surface area contributed by atoms with Crippen LogP contribution in [-0.2, 0) is 9.53 Å². The second kappa shape index (κ2) is 9.37. The van der Waals surface area contributed by atoms with Crippen molar-refractivity contribution in [2.24, 2.45) is 0 Å². The van der Waals surface area contributed by atoms with Crippen LogP contribution in [0.4, 0.5) is 5.69 Å². The van der Waals surface area contributed by atoms with E-state index in [-0.39, 0.29) is 24.2 Å². The van der Waals surface area contributed by atoms with Gasteiger partial charge in [0.1, 0.15) is 5.75 Å². The number of anilines is 1. The number of hydrogen-bond acceptors (Lipinski definition) is 7. The lowest BCUT2D eigenvalue weighted by Gasteiger charge is -2.42. The third kappa shape index (κ3) is 4.16. The van der Waals surface area contributed by atoms with Gasteiger partial charge < -0.3 is 14.4 Å². The number of carbonyl (C=O) groups excluding carboxylic acids is 2. The van der Waals surface area contributed by atoms with Crippen LogP contribution in [0.15, 0.2) is 59.1 Å². The summed E-state index contributed by atoms with van der Waals surface area (Å²) in [6, 6.07) is 17.0. The minimum Gasteiger partial charge on any atom is -0.497 e. The molecule has 1 fully saturated rings. The highest BCUT2D eigenvalue weighted by molar-refractivity contribution is 8.03. The van der Waals surface area contributed by atoms with Crippen LogP contribution in [0.1, 0.15) is 35.2 Å². The van der Waals surface area contributed by atoms with Gasteiger partial charge in [0, 0.05) is 18.0 Å². The molecular formula is C24H23N3O4S. The number of ether oxygens (including phenoxy) is 2. The summed E-state index contributed by atoms with van der Waals surface area (Å²) in [6.07, 6.45) is 0.232. The number of nitrogens with zero attached hydrogens (tertiary/aromatic N) is 3. The molecule has 2 aliphatic rings. The summed E-state index contributed by atoms with van der Waals surface area (Å²) in [5.41, 5.74) is 2.90. The molecule has 2 aliphatic heterocycles. The fourth-order valence-electron chi connectivity index (χ4n) is 3.89. The molecule has 2 aromatic carbocycles. The zero-order chi connectivity index (χ0) is 22.7. The Balaban J connectivity index is 1.57. The van der Waals surface area contributed by atoms with E-state index in [1.54, 1.807) is 31.1 Å². The number of thioether (sulfide) groups is 1. The molecule has 0 radical (unpaired) electrons. The van der Waals surface area contributed by atoms with Crippen molar-refractivity contribution in [1.29, 1.82) is 5.26 Å². The fraction of sp³-hybridized carbons (Fsp3) is 0.292. The normalized spacial score (nSPS) is 18.2. The Morgan fingerprint density at radius 2 is 2.03 bits per heavy atom. The summed E-state index contributed by atoms with van der Waals surface area (Å²) >= 11 is 1.48. The van der Waals surface area contributed by atoms with Crippen LogP contribution in [0.25, 0.3) is 0 Å². The number of allylic oxidation sites excluding steroid dienone is 1. The molecule has 164 valence electrons. The van der Waals surface area contributed by atoms with Crippen molar-refractivity contribution in [2.45, 2.75) is 19.3 Å². The summed E-state index contributed by atoms with van der Waals surface area (Å²) in [5.74, 6) is 0.636. The van der Waals surface area contributed by atoms with Gasteiger partial charge in [0.2, 0.25) is 5.91 Å². The van der Waals surface area contributed by atoms with Gasteiger partial charge in [-0.25, -0.2) is 4.79 Å². The molecule has 1 unspecified atom stereocenters. The van der Waals surface area contributed by atoms with Crippen molar-refractivity contribution < 1.29 is 19.1 Å². The van der Waals surface area contributed by atoms with E-state index in [2.05, 4.69) is 6.07 Å². The van der Waals surface area contributed by atoms with Gasteiger partial charge >= 0.3 is 5.97 Å². The first-order chi connectivity index (χ1) is 15.5. The molecule has 1 saturated heterocycles. The Kier molecular flexibility index (Phi) is 6.37. The Morgan fingerprint density at radius 1 is 1.25 bits per heavy atom. The Morgan fingerprint density at radius 3 is 2.72 bits per heavy atom. The van der Waals surface area contributed by atoms with Crippen LogP contribution in [0.5, 0.6) is 5.75 Å². The molecule has 1 atom stereocenters. The number of benzene rings is 2. The zero-order valence-electron chi connectivity index (χ0n) is 17.9. The molecule has 4 rings (SSSR count). The topological polar surface area (TPSA) is 82.9 Å². The standard InChI is InChI=1S/C24H23N3O4S/c1-3-31-24(29)16-7-9-18(10-8-16)26-14-27-22(28)12-20(21(13-25)23(27)32-15-26)17-5-4-6-19(11-17)30-2/h4-11,20H,3,12,14-15H2,1-2H3. The van der Waals surface area contributed by atoms with Crippen LogP contribution >= 0.6 is 11.8 Å². The smallest absolute Gasteiger partial charge is 0.338 e. The average Bonchev–Trinajstić information content (AvgIpc) is 2.84. The van der Waals surface area contributed by atoms with E-state index in [0.717, 1.165) is 16.3 Å². The number of nitriles is 1. The van der Waals surface area contributed by atoms with E-state index < -0.39 is 0 Å². The predicted octanol–water partition coefficient (Wildman–Crippen LogP) is 4.09. The van der Waals surface area contributed by atoms with Gasteiger partial charge in [-0.05, 0) is 48.9 Å². The summed E-state index contributed by atoms with van der Waals surface area (Å²) in [6.45, 7) is 2.45. The van der Waals surface area contributed by atoms with Gasteiger partial charge in [0.05, 0.1) is 48.5 Å². The maximum Gasteiger partial charge on any atom is 0.338 e. The van der Waals surface area contributed by atoms with Gasteiger partial charge in [0.15, 0.2) is 0 Å². The molecule has 32 heavy (non-hydrogen) atoms. The highest BCUT2D eigenvalue weighted by atomic mass is 32.2. The molecule has 0 aromatic heterocycles. The Labute approximate surface area is 191 Å². The van der Waals surface area contributed by atoms with Crippen LogP contribution in [-0.4, -0.2) is 43.0 Å². The number of methoxy groups -OCH3 is 1. The second-order valence-corrected chi connectivity index (χ2v) is 8.34. The molecule has 0 saturated carbocycles. The van der Waals surface area contributed by atoms with E-state index >= 15 is 0 Å². The lowest BCUT2D eigenvalue weighted by atomic mass is 9.86. The lowest BCUT2D eigenvalue weighted by Crippen LogP contribution is -2.47. The van der Waals surface area contributed by atoms with Gasteiger partial charge in [-0.2, -0.15) is 5.26 Å². The van der Waals surface area contributed by atoms with E-state index in [4.69, 9.17) is 9.47 Å². The number of rotatable bonds is 5. The Bertz CT molecular complexity index is 1110. The molecule has 2 aromatic rings. The minimum atomic E-state index is -0.356. The zero-order valence-corrected chi connectivity index (χ0v) is 18.7. The number of esters is 1. The largest absolute Gasteiger partial charge is 0.497 e. The van der Waals surface area contributed by atoms with Crippen molar-refractivity contribution in [2.75, 3.05) is 31.2 Å². The molecule has 0 bridgehead atoms. The summed E-state index contributed by atoms with van der Waals surface area (Å²) in [4.78, 5) is 28.7. The number of amides is 1. The SMILES string of the molecule is CCOC(=O)c1ccc(N2CSC3=C(C#N)C(c4cccc(OC)c4)CC(=O)N3C2)cc1. The van der Waals surface area contributed by atoms with E-state index in [1.807, 2.05) is 41.3 Å². The quantitative estimate of drug-likeness (QED) is 0.636. The summed E-state index contributed by atoms with van der Waals surface area (Å²) < 4.78 is 10.3. The molecule has 2 heterocycles. The third-order valence-corrected chi connectivity index (χ3v) is 6.69. The summed E-state index contributed by atoms with van der Waals surface area (Å²) in [7, 11) is 1.60. The monoisotopic (exact) mass is 449 g/mol. The van der Waals surface area contributed by atoms with Gasteiger partial charge in [-0.3, -0.25) is 9.69 Å². The molecule has 8 heteroatoms. The number of hydrogen-bond donors (Lipinski definition) is 0. The van der Waals surface area contributed by atoms with Gasteiger partial charge in [-0.15, -0.1) is 0 Å². The highest BCUT2D eigenvalue weighted by Crippen LogP contribution is 2.43. The number of fused-ring (bicyclic) bond motifs is 1. The van der Waals surface area contributed by atoms with Crippen molar-refractivity contribution in [1.82, 2.24) is 4.90 Å². The second-order valence-electron chi connectivity index (χ2n) is 7.41. The number of carbonyl (C=O) groups is 2. The molecular weight excluding hydrogens is 426 g/mol. The molecule has 0 aliphatic carbocycles. The third-order valence-electron chi connectivity index (χ3n) is 5.53. The van der Waals surface area contributed by atoms with Gasteiger partial charge in [0.25, 0.3) is 0 Å².